The Kier molecular flexibility index (Phi) is 2.80. The lowest BCUT2D eigenvalue weighted by Crippen LogP contribution is -2.03. The van der Waals surface area contributed by atoms with Gasteiger partial charge in [0.2, 0.25) is 0 Å². The molecule has 0 amide bonds. The van der Waals surface area contributed by atoms with Gasteiger partial charge in [-0.1, -0.05) is 60.3 Å². The van der Waals surface area contributed by atoms with Crippen molar-refractivity contribution >= 4 is 28.1 Å². The molecular formula is C15H11NS. The molecule has 0 saturated heterocycles. The monoisotopic (exact) mass is 237 g/mol. The van der Waals surface area contributed by atoms with E-state index >= 15 is 0 Å². The zero-order valence-corrected chi connectivity index (χ0v) is 10.0. The van der Waals surface area contributed by atoms with Crippen LogP contribution < -0.4 is 0 Å². The molecule has 0 spiro atoms. The highest BCUT2D eigenvalue weighted by Crippen LogP contribution is 2.36. The number of para-hydroxylation sites is 1. The number of thioether (sulfide) groups is 1. The number of benzene rings is 2. The van der Waals surface area contributed by atoms with Crippen LogP contribution >= 0.6 is 11.8 Å². The van der Waals surface area contributed by atoms with Crippen LogP contribution in [0.15, 0.2) is 71.1 Å². The van der Waals surface area contributed by atoms with E-state index in [1.165, 1.54) is 11.1 Å². The molecular weight excluding hydrogens is 226 g/mol. The van der Waals surface area contributed by atoms with Crippen LogP contribution in [0.2, 0.25) is 0 Å². The van der Waals surface area contributed by atoms with Crippen LogP contribution in [0, 0.1) is 0 Å². The Hall–Kier alpha value is -1.80. The molecule has 2 aromatic rings. The first-order valence-corrected chi connectivity index (χ1v) is 6.38. The molecule has 2 heteroatoms. The topological polar surface area (TPSA) is 12.4 Å². The summed E-state index contributed by atoms with van der Waals surface area (Å²) < 4.78 is 0. The summed E-state index contributed by atoms with van der Waals surface area (Å²) in [5.41, 5.74) is 3.48. The van der Waals surface area contributed by atoms with Gasteiger partial charge in [-0.15, -0.1) is 0 Å². The number of aliphatic imine (C=N–C) groups is 1. The highest BCUT2D eigenvalue weighted by molar-refractivity contribution is 8.20. The van der Waals surface area contributed by atoms with E-state index in [9.17, 15) is 0 Å². The van der Waals surface area contributed by atoms with Gasteiger partial charge >= 0.3 is 0 Å². The smallest absolute Gasteiger partial charge is 0.109 e. The van der Waals surface area contributed by atoms with Crippen molar-refractivity contribution in [2.45, 2.75) is 0 Å². The van der Waals surface area contributed by atoms with E-state index in [0.717, 1.165) is 10.7 Å². The van der Waals surface area contributed by atoms with Crippen molar-refractivity contribution in [3.05, 3.63) is 71.6 Å². The second-order valence-corrected chi connectivity index (χ2v) is 4.63. The third-order valence-corrected chi connectivity index (χ3v) is 3.48. The number of hydrogen-bond acceptors (Lipinski definition) is 2. The molecule has 1 aliphatic heterocycles. The summed E-state index contributed by atoms with van der Waals surface area (Å²) in [5.74, 6) is 0. The van der Waals surface area contributed by atoms with Crippen molar-refractivity contribution < 1.29 is 0 Å². The molecule has 0 bridgehead atoms. The summed E-state index contributed by atoms with van der Waals surface area (Å²) in [5, 5.41) is 3.25. The SMILES string of the molecule is C1=C(c2ccccc2)C(=Nc2ccccc2)S1. The average molecular weight is 237 g/mol. The first-order chi connectivity index (χ1) is 8.43. The molecule has 1 aliphatic rings. The maximum absolute atomic E-state index is 4.63. The Morgan fingerprint density at radius 3 is 2.00 bits per heavy atom. The molecule has 0 unspecified atom stereocenters. The highest BCUT2D eigenvalue weighted by atomic mass is 32.2. The minimum absolute atomic E-state index is 1.01. The van der Waals surface area contributed by atoms with Gasteiger partial charge in [0.15, 0.2) is 0 Å². The van der Waals surface area contributed by atoms with Gasteiger partial charge in [0.25, 0.3) is 0 Å². The van der Waals surface area contributed by atoms with Crippen LogP contribution in [-0.2, 0) is 0 Å². The standard InChI is InChI=1S/C15H11NS/c1-3-7-12(8-4-1)14-11-17-15(14)16-13-9-5-2-6-10-13/h1-11H. The lowest BCUT2D eigenvalue weighted by Gasteiger charge is -2.17. The second kappa shape index (κ2) is 4.60. The Balaban J connectivity index is 1.90. The number of nitrogens with zero attached hydrogens (tertiary/aromatic N) is 1. The number of rotatable bonds is 2. The second-order valence-electron chi connectivity index (χ2n) is 3.77. The van der Waals surface area contributed by atoms with E-state index in [0.29, 0.717) is 0 Å². The van der Waals surface area contributed by atoms with Gasteiger partial charge in [0, 0.05) is 5.57 Å². The molecule has 3 rings (SSSR count). The minimum atomic E-state index is 1.01. The van der Waals surface area contributed by atoms with E-state index in [2.05, 4.69) is 34.7 Å². The lowest BCUT2D eigenvalue weighted by atomic mass is 10.1. The largest absolute Gasteiger partial charge is 0.241 e. The van der Waals surface area contributed by atoms with Crippen LogP contribution in [0.25, 0.3) is 5.57 Å². The molecule has 82 valence electrons. The van der Waals surface area contributed by atoms with Crippen molar-refractivity contribution in [1.82, 2.24) is 0 Å². The van der Waals surface area contributed by atoms with E-state index in [4.69, 9.17) is 0 Å². The zero-order valence-electron chi connectivity index (χ0n) is 9.21. The van der Waals surface area contributed by atoms with Gasteiger partial charge in [-0.3, -0.25) is 0 Å². The van der Waals surface area contributed by atoms with Gasteiger partial charge in [-0.2, -0.15) is 0 Å². The van der Waals surface area contributed by atoms with Crippen LogP contribution in [0.1, 0.15) is 5.56 Å². The molecule has 1 heterocycles. The Labute approximate surface area is 105 Å². The molecule has 0 saturated carbocycles. The first kappa shape index (κ1) is 10.4. The molecule has 0 aromatic heterocycles. The molecule has 2 aromatic carbocycles. The average Bonchev–Trinajstić information content (AvgIpc) is 2.37. The minimum Gasteiger partial charge on any atom is -0.241 e. The molecule has 17 heavy (non-hydrogen) atoms. The third-order valence-electron chi connectivity index (χ3n) is 2.59. The fourth-order valence-corrected chi connectivity index (χ4v) is 2.44. The predicted molar refractivity (Wildman–Crippen MR) is 75.5 cm³/mol. The summed E-state index contributed by atoms with van der Waals surface area (Å²) in [4.78, 5) is 4.63. The Bertz CT molecular complexity index is 570. The summed E-state index contributed by atoms with van der Waals surface area (Å²) in [6, 6.07) is 20.4. The van der Waals surface area contributed by atoms with Crippen molar-refractivity contribution in [2.75, 3.05) is 0 Å². The van der Waals surface area contributed by atoms with E-state index in [-0.39, 0.29) is 0 Å². The molecule has 0 atom stereocenters. The third kappa shape index (κ3) is 2.17. The van der Waals surface area contributed by atoms with Crippen molar-refractivity contribution in [3.8, 4) is 0 Å². The highest BCUT2D eigenvalue weighted by Gasteiger charge is 2.17. The summed E-state index contributed by atoms with van der Waals surface area (Å²) in [7, 11) is 0. The van der Waals surface area contributed by atoms with Crippen molar-refractivity contribution in [3.63, 3.8) is 0 Å². The van der Waals surface area contributed by atoms with Gasteiger partial charge in [-0.25, -0.2) is 4.99 Å². The van der Waals surface area contributed by atoms with Gasteiger partial charge in [0.05, 0.1) is 5.69 Å². The molecule has 0 fully saturated rings. The zero-order chi connectivity index (χ0) is 11.5. The Morgan fingerprint density at radius 2 is 1.41 bits per heavy atom. The fourth-order valence-electron chi connectivity index (χ4n) is 1.69. The van der Waals surface area contributed by atoms with Crippen LogP contribution in [-0.4, -0.2) is 5.04 Å². The number of hydrogen-bond donors (Lipinski definition) is 0. The van der Waals surface area contributed by atoms with Crippen LogP contribution in [0.5, 0.6) is 0 Å². The molecule has 0 N–H and O–H groups in total. The molecule has 0 radical (unpaired) electrons. The summed E-state index contributed by atoms with van der Waals surface area (Å²) in [6.07, 6.45) is 0. The molecule has 0 aliphatic carbocycles. The quantitative estimate of drug-likeness (QED) is 0.748. The fraction of sp³-hybridized carbons (Fsp3) is 0. The summed E-state index contributed by atoms with van der Waals surface area (Å²) in [6.45, 7) is 0. The maximum atomic E-state index is 4.63. The summed E-state index contributed by atoms with van der Waals surface area (Å²) >= 11 is 1.69. The van der Waals surface area contributed by atoms with E-state index in [1.807, 2.05) is 36.4 Å². The maximum Gasteiger partial charge on any atom is 0.109 e. The normalized spacial score (nSPS) is 16.5. The van der Waals surface area contributed by atoms with E-state index in [1.54, 1.807) is 11.8 Å². The van der Waals surface area contributed by atoms with Crippen LogP contribution in [0.3, 0.4) is 0 Å². The van der Waals surface area contributed by atoms with Gasteiger partial charge in [-0.05, 0) is 23.1 Å². The van der Waals surface area contributed by atoms with Gasteiger partial charge < -0.3 is 0 Å². The lowest BCUT2D eigenvalue weighted by molar-refractivity contribution is 1.53. The molecule has 1 nitrogen and oxygen atoms in total. The van der Waals surface area contributed by atoms with Crippen LogP contribution in [0.4, 0.5) is 5.69 Å². The Morgan fingerprint density at radius 1 is 0.765 bits per heavy atom. The van der Waals surface area contributed by atoms with Crippen molar-refractivity contribution in [2.24, 2.45) is 4.99 Å². The van der Waals surface area contributed by atoms with Crippen molar-refractivity contribution in [1.29, 1.82) is 0 Å². The predicted octanol–water partition coefficient (Wildman–Crippen LogP) is 4.50. The first-order valence-electron chi connectivity index (χ1n) is 5.50. The van der Waals surface area contributed by atoms with Gasteiger partial charge in [0.1, 0.15) is 5.04 Å². The van der Waals surface area contributed by atoms with E-state index < -0.39 is 0 Å².